The summed E-state index contributed by atoms with van der Waals surface area (Å²) in [6.07, 6.45) is 8.86. The second-order valence-electron chi connectivity index (χ2n) is 5.84. The fourth-order valence-corrected chi connectivity index (χ4v) is 2.98. The highest BCUT2D eigenvalue weighted by molar-refractivity contribution is 6.34. The van der Waals surface area contributed by atoms with Crippen molar-refractivity contribution >= 4 is 28.8 Å². The summed E-state index contributed by atoms with van der Waals surface area (Å²) >= 11 is 5.92. The molecule has 22 heavy (non-hydrogen) atoms. The molecule has 1 aromatic carbocycles. The number of hydrogen-bond donors (Lipinski definition) is 2. The zero-order valence-electron chi connectivity index (χ0n) is 13.1. The van der Waals surface area contributed by atoms with E-state index in [4.69, 9.17) is 11.6 Å². The van der Waals surface area contributed by atoms with E-state index in [0.717, 1.165) is 18.4 Å². The van der Waals surface area contributed by atoms with E-state index in [2.05, 4.69) is 12.2 Å². The fraction of sp³-hybridized carbons (Fsp3) is 0.500. The molecule has 0 aromatic heterocycles. The van der Waals surface area contributed by atoms with Gasteiger partial charge in [-0.25, -0.2) is 0 Å². The summed E-state index contributed by atoms with van der Waals surface area (Å²) in [6.45, 7) is 2.21. The molecule has 0 unspecified atom stereocenters. The first-order chi connectivity index (χ1) is 10.6. The minimum atomic E-state index is -0.238. The lowest BCUT2D eigenvalue weighted by atomic mass is 10.0. The Morgan fingerprint density at radius 3 is 2.55 bits per heavy atom. The van der Waals surface area contributed by atoms with Gasteiger partial charge in [-0.3, -0.25) is 4.79 Å². The number of aliphatic hydroxyl groups excluding tert-OH is 1. The molecule has 4 heteroatoms. The summed E-state index contributed by atoms with van der Waals surface area (Å²) < 4.78 is 0. The first-order valence-corrected chi connectivity index (χ1v) is 8.54. The van der Waals surface area contributed by atoms with E-state index in [1.807, 2.05) is 0 Å². The molecule has 1 amide bonds. The Morgan fingerprint density at radius 2 is 1.82 bits per heavy atom. The topological polar surface area (TPSA) is 49.3 Å². The molecule has 0 aliphatic carbocycles. The molecular weight excluding hydrogens is 298 g/mol. The predicted octanol–water partition coefficient (Wildman–Crippen LogP) is 5.70. The van der Waals surface area contributed by atoms with Crippen molar-refractivity contribution in [3.63, 3.8) is 0 Å². The van der Waals surface area contributed by atoms with Crippen LogP contribution in [0.5, 0.6) is 0 Å². The molecule has 2 rings (SSSR count). The second-order valence-corrected chi connectivity index (χ2v) is 6.27. The number of benzene rings is 1. The average molecular weight is 322 g/mol. The van der Waals surface area contributed by atoms with Crippen LogP contribution in [-0.4, -0.2) is 11.0 Å². The van der Waals surface area contributed by atoms with Crippen LogP contribution in [0.1, 0.15) is 63.9 Å². The standard InChI is InChI=1S/C18H24ClNO2/c1-2-3-4-5-6-7-8-9-16(21)17-14-11-10-13(19)12-15(14)20-18(17)22/h10-12,21H,2-9H2,1H3,(H,20,22). The van der Waals surface area contributed by atoms with Gasteiger partial charge in [0.1, 0.15) is 5.76 Å². The summed E-state index contributed by atoms with van der Waals surface area (Å²) in [6, 6.07) is 5.23. The summed E-state index contributed by atoms with van der Waals surface area (Å²) in [5.74, 6) is -0.0511. The number of hydrogen-bond acceptors (Lipinski definition) is 2. The SMILES string of the molecule is CCCCCCCCCC(O)=C1C(=O)Nc2cc(Cl)ccc21. The molecule has 0 radical (unpaired) electrons. The number of carbonyl (C=O) groups excluding carboxylic acids is 1. The Balaban J connectivity index is 1.89. The first kappa shape index (κ1) is 16.9. The zero-order chi connectivity index (χ0) is 15.9. The molecule has 3 nitrogen and oxygen atoms in total. The number of allylic oxidation sites excluding steroid dienone is 1. The van der Waals surface area contributed by atoms with Gasteiger partial charge < -0.3 is 10.4 Å². The van der Waals surface area contributed by atoms with Gasteiger partial charge in [-0.2, -0.15) is 0 Å². The van der Waals surface area contributed by atoms with E-state index in [-0.39, 0.29) is 11.7 Å². The Morgan fingerprint density at radius 1 is 1.14 bits per heavy atom. The van der Waals surface area contributed by atoms with Crippen LogP contribution in [0.2, 0.25) is 5.02 Å². The van der Waals surface area contributed by atoms with E-state index in [1.54, 1.807) is 18.2 Å². The number of rotatable bonds is 8. The van der Waals surface area contributed by atoms with E-state index in [9.17, 15) is 9.90 Å². The quantitative estimate of drug-likeness (QED) is 0.366. The van der Waals surface area contributed by atoms with Gasteiger partial charge >= 0.3 is 0 Å². The van der Waals surface area contributed by atoms with Gasteiger partial charge in [-0.05, 0) is 18.6 Å². The Bertz CT molecular complexity index is 566. The number of unbranched alkanes of at least 4 members (excludes halogenated alkanes) is 6. The Kier molecular flexibility index (Phi) is 6.32. The lowest BCUT2D eigenvalue weighted by Crippen LogP contribution is -2.06. The van der Waals surface area contributed by atoms with Crippen LogP contribution in [0.3, 0.4) is 0 Å². The van der Waals surface area contributed by atoms with Crippen molar-refractivity contribution in [2.75, 3.05) is 5.32 Å². The van der Waals surface area contributed by atoms with E-state index >= 15 is 0 Å². The molecule has 0 saturated carbocycles. The van der Waals surface area contributed by atoms with E-state index in [0.29, 0.717) is 22.7 Å². The summed E-state index contributed by atoms with van der Waals surface area (Å²) in [7, 11) is 0. The molecular formula is C18H24ClNO2. The molecule has 0 fully saturated rings. The van der Waals surface area contributed by atoms with Crippen molar-refractivity contribution in [2.24, 2.45) is 0 Å². The maximum absolute atomic E-state index is 12.0. The number of carbonyl (C=O) groups is 1. The highest BCUT2D eigenvalue weighted by Crippen LogP contribution is 2.36. The van der Waals surface area contributed by atoms with Crippen LogP contribution in [0.25, 0.3) is 5.57 Å². The van der Waals surface area contributed by atoms with Crippen molar-refractivity contribution in [3.05, 3.63) is 34.5 Å². The van der Waals surface area contributed by atoms with Gasteiger partial charge in [-0.15, -0.1) is 0 Å². The molecule has 1 aliphatic heterocycles. The van der Waals surface area contributed by atoms with Crippen LogP contribution < -0.4 is 5.32 Å². The minimum absolute atomic E-state index is 0.187. The maximum atomic E-state index is 12.0. The Hall–Kier alpha value is -1.48. The normalized spacial score (nSPS) is 15.6. The van der Waals surface area contributed by atoms with E-state index in [1.165, 1.54) is 32.1 Å². The van der Waals surface area contributed by atoms with Gasteiger partial charge in [0, 0.05) is 17.0 Å². The number of nitrogens with one attached hydrogen (secondary N) is 1. The van der Waals surface area contributed by atoms with Crippen LogP contribution in [0, 0.1) is 0 Å². The molecule has 1 aromatic rings. The number of anilines is 1. The summed E-state index contributed by atoms with van der Waals surface area (Å²) in [5.41, 5.74) is 1.83. The lowest BCUT2D eigenvalue weighted by molar-refractivity contribution is -0.110. The van der Waals surface area contributed by atoms with Gasteiger partial charge in [-0.1, -0.05) is 63.1 Å². The molecule has 0 atom stereocenters. The highest BCUT2D eigenvalue weighted by Gasteiger charge is 2.27. The molecule has 0 spiro atoms. The van der Waals surface area contributed by atoms with Gasteiger partial charge in [0.15, 0.2) is 0 Å². The molecule has 0 saturated heterocycles. The van der Waals surface area contributed by atoms with Crippen molar-refractivity contribution < 1.29 is 9.90 Å². The third-order valence-corrected chi connectivity index (χ3v) is 4.27. The smallest absolute Gasteiger partial charge is 0.259 e. The van der Waals surface area contributed by atoms with Gasteiger partial charge in [0.05, 0.1) is 11.3 Å². The molecule has 1 heterocycles. The van der Waals surface area contributed by atoms with Crippen LogP contribution in [0.15, 0.2) is 24.0 Å². The number of aliphatic hydroxyl groups is 1. The predicted molar refractivity (Wildman–Crippen MR) is 92.2 cm³/mol. The highest BCUT2D eigenvalue weighted by atomic mass is 35.5. The fourth-order valence-electron chi connectivity index (χ4n) is 2.81. The Labute approximate surface area is 137 Å². The third kappa shape index (κ3) is 4.26. The third-order valence-electron chi connectivity index (χ3n) is 4.03. The van der Waals surface area contributed by atoms with E-state index < -0.39 is 0 Å². The number of halogens is 1. The van der Waals surface area contributed by atoms with Crippen molar-refractivity contribution in [3.8, 4) is 0 Å². The zero-order valence-corrected chi connectivity index (χ0v) is 13.9. The molecule has 0 bridgehead atoms. The molecule has 2 N–H and O–H groups in total. The first-order valence-electron chi connectivity index (χ1n) is 8.17. The van der Waals surface area contributed by atoms with Crippen molar-refractivity contribution in [1.29, 1.82) is 0 Å². The number of amides is 1. The van der Waals surface area contributed by atoms with Crippen molar-refractivity contribution in [1.82, 2.24) is 0 Å². The number of fused-ring (bicyclic) bond motifs is 1. The van der Waals surface area contributed by atoms with Gasteiger partial charge in [0.25, 0.3) is 5.91 Å². The monoisotopic (exact) mass is 321 g/mol. The van der Waals surface area contributed by atoms with Crippen LogP contribution in [0.4, 0.5) is 5.69 Å². The lowest BCUT2D eigenvalue weighted by Gasteiger charge is -2.05. The average Bonchev–Trinajstić information content (AvgIpc) is 2.81. The molecule has 1 aliphatic rings. The van der Waals surface area contributed by atoms with Crippen molar-refractivity contribution in [2.45, 2.75) is 58.3 Å². The van der Waals surface area contributed by atoms with Crippen LogP contribution >= 0.6 is 11.6 Å². The maximum Gasteiger partial charge on any atom is 0.259 e. The van der Waals surface area contributed by atoms with Crippen LogP contribution in [-0.2, 0) is 4.79 Å². The molecule has 120 valence electrons. The van der Waals surface area contributed by atoms with Gasteiger partial charge in [0.2, 0.25) is 0 Å². The minimum Gasteiger partial charge on any atom is -0.511 e. The summed E-state index contributed by atoms with van der Waals surface area (Å²) in [5, 5.41) is 13.6. The summed E-state index contributed by atoms with van der Waals surface area (Å²) in [4.78, 5) is 12.0. The second kappa shape index (κ2) is 8.23. The largest absolute Gasteiger partial charge is 0.511 e.